The Morgan fingerprint density at radius 3 is 1.78 bits per heavy atom. The number of rotatable bonds is 3. The van der Waals surface area contributed by atoms with Crippen LogP contribution in [0.5, 0.6) is 5.75 Å². The lowest BCUT2D eigenvalue weighted by Crippen LogP contribution is -1.97. The Hall–Kier alpha value is -4.89. The minimum atomic E-state index is 0.289. The molecule has 7 aromatic rings. The third-order valence-electron chi connectivity index (χ3n) is 6.83. The van der Waals surface area contributed by atoms with E-state index in [1.807, 2.05) is 18.2 Å². The van der Waals surface area contributed by atoms with Gasteiger partial charge in [-0.25, -0.2) is 4.98 Å². The van der Waals surface area contributed by atoms with Gasteiger partial charge in [0, 0.05) is 11.3 Å². The van der Waals surface area contributed by atoms with Crippen molar-refractivity contribution in [2.24, 2.45) is 0 Å². The summed E-state index contributed by atoms with van der Waals surface area (Å²) in [7, 11) is 0. The highest BCUT2D eigenvalue weighted by molar-refractivity contribution is 5.94. The number of imidazole rings is 1. The number of phenolic OH excluding ortho intramolecular Hbond substituents is 1. The van der Waals surface area contributed by atoms with Crippen LogP contribution >= 0.6 is 0 Å². The maximum atomic E-state index is 9.76. The normalized spacial score (nSPS) is 11.4. The molecule has 6 aromatic carbocycles. The molecular weight excluding hydrogens is 440 g/mol. The van der Waals surface area contributed by atoms with Crippen molar-refractivity contribution < 1.29 is 5.11 Å². The summed E-state index contributed by atoms with van der Waals surface area (Å²) in [6.07, 6.45) is 0. The zero-order chi connectivity index (χ0) is 24.1. The predicted octanol–water partition coefficient (Wildman–Crippen LogP) is 8.37. The lowest BCUT2D eigenvalue weighted by atomic mass is 9.97. The van der Waals surface area contributed by atoms with Crippen molar-refractivity contribution in [3.8, 4) is 34.0 Å². The van der Waals surface area contributed by atoms with Crippen molar-refractivity contribution in [3.63, 3.8) is 0 Å². The molecule has 0 unspecified atom stereocenters. The quantitative estimate of drug-likeness (QED) is 0.286. The fourth-order valence-corrected chi connectivity index (χ4v) is 5.04. The largest absolute Gasteiger partial charge is 0.508 e. The topological polar surface area (TPSA) is 38.1 Å². The first kappa shape index (κ1) is 20.5. The molecular formula is C33H22N2O. The van der Waals surface area contributed by atoms with Crippen LogP contribution < -0.4 is 0 Å². The second-order valence-corrected chi connectivity index (χ2v) is 9.12. The van der Waals surface area contributed by atoms with Gasteiger partial charge in [-0.15, -0.1) is 0 Å². The van der Waals surface area contributed by atoms with E-state index in [0.29, 0.717) is 0 Å². The van der Waals surface area contributed by atoms with Crippen LogP contribution in [0.1, 0.15) is 0 Å². The lowest BCUT2D eigenvalue weighted by molar-refractivity contribution is 0.476. The molecule has 3 nitrogen and oxygen atoms in total. The molecule has 0 fully saturated rings. The molecule has 0 aliphatic rings. The van der Waals surface area contributed by atoms with Gasteiger partial charge in [0.15, 0.2) is 0 Å². The Labute approximate surface area is 208 Å². The number of benzene rings is 6. The molecule has 0 amide bonds. The van der Waals surface area contributed by atoms with Crippen LogP contribution in [-0.2, 0) is 0 Å². The summed E-state index contributed by atoms with van der Waals surface area (Å²) >= 11 is 0. The van der Waals surface area contributed by atoms with Gasteiger partial charge >= 0.3 is 0 Å². The van der Waals surface area contributed by atoms with Crippen molar-refractivity contribution in [2.45, 2.75) is 0 Å². The number of nitrogens with zero attached hydrogens (tertiary/aromatic N) is 2. The summed E-state index contributed by atoms with van der Waals surface area (Å²) in [5, 5.41) is 14.3. The fraction of sp³-hybridized carbons (Fsp3) is 0. The first-order valence-electron chi connectivity index (χ1n) is 12.0. The molecule has 7 rings (SSSR count). The van der Waals surface area contributed by atoms with Gasteiger partial charge in [-0.2, -0.15) is 0 Å². The summed E-state index contributed by atoms with van der Waals surface area (Å²) in [5.74, 6) is 1.23. The van der Waals surface area contributed by atoms with Gasteiger partial charge in [0.25, 0.3) is 0 Å². The second-order valence-electron chi connectivity index (χ2n) is 9.12. The molecule has 0 spiro atoms. The molecule has 0 atom stereocenters. The van der Waals surface area contributed by atoms with Crippen molar-refractivity contribution in [1.82, 2.24) is 9.55 Å². The molecule has 0 radical (unpaired) electrons. The van der Waals surface area contributed by atoms with Gasteiger partial charge < -0.3 is 5.11 Å². The van der Waals surface area contributed by atoms with E-state index in [1.54, 1.807) is 12.1 Å². The zero-order valence-electron chi connectivity index (χ0n) is 19.5. The van der Waals surface area contributed by atoms with Crippen molar-refractivity contribution >= 4 is 32.6 Å². The number of fused-ring (bicyclic) bond motifs is 3. The number of hydrogen-bond donors (Lipinski definition) is 1. The summed E-state index contributed by atoms with van der Waals surface area (Å²) < 4.78 is 2.23. The van der Waals surface area contributed by atoms with Gasteiger partial charge in [0.1, 0.15) is 11.6 Å². The minimum Gasteiger partial charge on any atom is -0.508 e. The average Bonchev–Trinajstić information content (AvgIpc) is 3.32. The predicted molar refractivity (Wildman–Crippen MR) is 149 cm³/mol. The van der Waals surface area contributed by atoms with E-state index in [-0.39, 0.29) is 5.75 Å². The standard InChI is InChI=1S/C33H22N2O/c36-30-17-16-26-19-23(12-13-27(26)21-30)22-10-11-25-20-28(15-14-24(25)18-22)33-34-31-8-4-5-9-32(31)35(33)29-6-2-1-3-7-29/h1-21,36H. The number of para-hydroxylation sites is 3. The highest BCUT2D eigenvalue weighted by Gasteiger charge is 2.14. The zero-order valence-corrected chi connectivity index (χ0v) is 19.5. The third kappa shape index (κ3) is 3.41. The smallest absolute Gasteiger partial charge is 0.145 e. The van der Waals surface area contributed by atoms with Crippen molar-refractivity contribution in [3.05, 3.63) is 127 Å². The summed E-state index contributed by atoms with van der Waals surface area (Å²) in [6.45, 7) is 0. The summed E-state index contributed by atoms with van der Waals surface area (Å²) in [6, 6.07) is 43.7. The first-order valence-corrected chi connectivity index (χ1v) is 12.0. The SMILES string of the molecule is Oc1ccc2cc(-c3ccc4cc(-c5nc6ccccc6n5-c5ccccc5)ccc4c3)ccc2c1. The van der Waals surface area contributed by atoms with Crippen LogP contribution in [-0.4, -0.2) is 14.7 Å². The van der Waals surface area contributed by atoms with Crippen LogP contribution in [0.25, 0.3) is 60.8 Å². The molecule has 170 valence electrons. The van der Waals surface area contributed by atoms with Gasteiger partial charge in [0.05, 0.1) is 11.0 Å². The van der Waals surface area contributed by atoms with Crippen molar-refractivity contribution in [2.75, 3.05) is 0 Å². The molecule has 1 heterocycles. The van der Waals surface area contributed by atoms with Gasteiger partial charge in [-0.05, 0) is 87.3 Å². The number of hydrogen-bond acceptors (Lipinski definition) is 2. The van der Waals surface area contributed by atoms with E-state index in [4.69, 9.17) is 4.98 Å². The second kappa shape index (κ2) is 8.10. The molecule has 1 aromatic heterocycles. The van der Waals surface area contributed by atoms with Crippen LogP contribution in [0.4, 0.5) is 0 Å². The Bertz CT molecular complexity index is 1900. The van der Waals surface area contributed by atoms with Gasteiger partial charge in [-0.1, -0.05) is 72.8 Å². The van der Waals surface area contributed by atoms with Crippen LogP contribution in [0, 0.1) is 0 Å². The van der Waals surface area contributed by atoms with E-state index in [2.05, 4.69) is 102 Å². The van der Waals surface area contributed by atoms with Gasteiger partial charge in [-0.3, -0.25) is 4.57 Å². The van der Waals surface area contributed by atoms with E-state index in [1.165, 1.54) is 16.3 Å². The van der Waals surface area contributed by atoms with Gasteiger partial charge in [0.2, 0.25) is 0 Å². The van der Waals surface area contributed by atoms with Crippen molar-refractivity contribution in [1.29, 1.82) is 0 Å². The van der Waals surface area contributed by atoms with Crippen LogP contribution in [0.3, 0.4) is 0 Å². The highest BCUT2D eigenvalue weighted by Crippen LogP contribution is 2.33. The maximum absolute atomic E-state index is 9.76. The van der Waals surface area contributed by atoms with Crippen LogP contribution in [0.2, 0.25) is 0 Å². The maximum Gasteiger partial charge on any atom is 0.145 e. The minimum absolute atomic E-state index is 0.289. The molecule has 36 heavy (non-hydrogen) atoms. The van der Waals surface area contributed by atoms with E-state index in [9.17, 15) is 5.11 Å². The highest BCUT2D eigenvalue weighted by atomic mass is 16.3. The molecule has 0 aliphatic heterocycles. The van der Waals surface area contributed by atoms with E-state index < -0.39 is 0 Å². The van der Waals surface area contributed by atoms with Crippen LogP contribution in [0.15, 0.2) is 127 Å². The molecule has 0 saturated heterocycles. The number of aromatic nitrogens is 2. The molecule has 0 bridgehead atoms. The monoisotopic (exact) mass is 462 g/mol. The van der Waals surface area contributed by atoms with E-state index >= 15 is 0 Å². The molecule has 1 N–H and O–H groups in total. The molecule has 0 saturated carbocycles. The Morgan fingerprint density at radius 2 is 1.06 bits per heavy atom. The third-order valence-corrected chi connectivity index (χ3v) is 6.83. The number of phenols is 1. The first-order chi connectivity index (χ1) is 17.7. The Morgan fingerprint density at radius 1 is 0.500 bits per heavy atom. The lowest BCUT2D eigenvalue weighted by Gasteiger charge is -2.11. The fourth-order valence-electron chi connectivity index (χ4n) is 5.04. The summed E-state index contributed by atoms with van der Waals surface area (Å²) in [5.41, 5.74) is 6.59. The van der Waals surface area contributed by atoms with E-state index in [0.717, 1.165) is 44.4 Å². The Balaban J connectivity index is 1.34. The summed E-state index contributed by atoms with van der Waals surface area (Å²) in [4.78, 5) is 5.01. The average molecular weight is 463 g/mol. The Kier molecular flexibility index (Phi) is 4.61. The molecule has 3 heteroatoms. The molecule has 0 aliphatic carbocycles. The number of aromatic hydroxyl groups is 1.